The van der Waals surface area contributed by atoms with Gasteiger partial charge in [0.2, 0.25) is 0 Å². The van der Waals surface area contributed by atoms with Crippen LogP contribution >= 0.6 is 0 Å². The molecule has 0 amide bonds. The summed E-state index contributed by atoms with van der Waals surface area (Å²) >= 11 is 0. The number of nitrogens with one attached hydrogen (secondary N) is 1. The molecule has 1 aliphatic carbocycles. The molecular formula is C18H28FN. The molecule has 0 saturated heterocycles. The minimum Gasteiger partial charge on any atom is -0.316 e. The normalized spacial score (nSPS) is 18.1. The first-order valence-electron chi connectivity index (χ1n) is 8.11. The Hall–Kier alpha value is -0.890. The highest BCUT2D eigenvalue weighted by Gasteiger charge is 2.32. The van der Waals surface area contributed by atoms with Crippen LogP contribution in [-0.2, 0) is 6.42 Å². The molecule has 0 aliphatic heterocycles. The molecule has 0 heterocycles. The first-order valence-corrected chi connectivity index (χ1v) is 8.11. The lowest BCUT2D eigenvalue weighted by molar-refractivity contribution is 0.181. The zero-order chi connectivity index (χ0) is 14.4. The first-order chi connectivity index (χ1) is 9.65. The molecule has 0 bridgehead atoms. The third-order valence-electron chi connectivity index (χ3n) is 4.71. The molecule has 0 spiro atoms. The molecule has 1 aliphatic rings. The lowest BCUT2D eigenvalue weighted by atomic mass is 9.70. The van der Waals surface area contributed by atoms with Crippen LogP contribution in [0.25, 0.3) is 0 Å². The predicted molar refractivity (Wildman–Crippen MR) is 83.5 cm³/mol. The maximum atomic E-state index is 13.3. The summed E-state index contributed by atoms with van der Waals surface area (Å²) in [6.45, 7) is 6.46. The first kappa shape index (κ1) is 15.5. The summed E-state index contributed by atoms with van der Waals surface area (Å²) in [6, 6.07) is 5.27. The van der Waals surface area contributed by atoms with E-state index >= 15 is 0 Å². The van der Waals surface area contributed by atoms with Gasteiger partial charge in [-0.2, -0.15) is 0 Å². The number of rotatable bonds is 6. The number of benzene rings is 1. The van der Waals surface area contributed by atoms with Crippen LogP contribution in [-0.4, -0.2) is 13.1 Å². The second kappa shape index (κ2) is 7.21. The zero-order valence-corrected chi connectivity index (χ0v) is 13.0. The molecule has 0 radical (unpaired) electrons. The monoisotopic (exact) mass is 277 g/mol. The lowest BCUT2D eigenvalue weighted by Crippen LogP contribution is -2.38. The fourth-order valence-corrected chi connectivity index (χ4v) is 3.51. The van der Waals surface area contributed by atoms with Gasteiger partial charge in [0, 0.05) is 6.54 Å². The van der Waals surface area contributed by atoms with Crippen LogP contribution in [0.1, 0.15) is 56.6 Å². The van der Waals surface area contributed by atoms with Gasteiger partial charge in [-0.05, 0) is 67.8 Å². The molecule has 0 atom stereocenters. The Balaban J connectivity index is 2.10. The summed E-state index contributed by atoms with van der Waals surface area (Å²) < 4.78 is 13.3. The quantitative estimate of drug-likeness (QED) is 0.748. The van der Waals surface area contributed by atoms with Crippen LogP contribution in [0, 0.1) is 18.2 Å². The molecule has 1 fully saturated rings. The predicted octanol–water partition coefficient (Wildman–Crippen LogP) is 4.63. The van der Waals surface area contributed by atoms with Gasteiger partial charge in [-0.1, -0.05) is 32.3 Å². The van der Waals surface area contributed by atoms with Crippen molar-refractivity contribution in [2.75, 3.05) is 13.1 Å². The van der Waals surface area contributed by atoms with Gasteiger partial charge < -0.3 is 5.32 Å². The zero-order valence-electron chi connectivity index (χ0n) is 13.0. The van der Waals surface area contributed by atoms with Crippen molar-refractivity contribution in [3.8, 4) is 0 Å². The fourth-order valence-electron chi connectivity index (χ4n) is 3.51. The Morgan fingerprint density at radius 2 is 1.95 bits per heavy atom. The van der Waals surface area contributed by atoms with Gasteiger partial charge >= 0.3 is 0 Å². The molecule has 1 saturated carbocycles. The number of hydrogen-bond donors (Lipinski definition) is 1. The van der Waals surface area contributed by atoms with Gasteiger partial charge in [-0.3, -0.25) is 0 Å². The summed E-state index contributed by atoms with van der Waals surface area (Å²) in [6.07, 6.45) is 8.95. The van der Waals surface area contributed by atoms with Crippen LogP contribution in [0.15, 0.2) is 18.2 Å². The SMILES string of the molecule is CCCNCC1(Cc2ccc(F)cc2C)CCCCC1. The van der Waals surface area contributed by atoms with Gasteiger partial charge in [-0.15, -0.1) is 0 Å². The van der Waals surface area contributed by atoms with E-state index in [1.54, 1.807) is 12.1 Å². The number of aryl methyl sites for hydroxylation is 1. The van der Waals surface area contributed by atoms with E-state index in [2.05, 4.69) is 12.2 Å². The van der Waals surface area contributed by atoms with Crippen molar-refractivity contribution in [2.24, 2.45) is 5.41 Å². The smallest absolute Gasteiger partial charge is 0.123 e. The van der Waals surface area contributed by atoms with Crippen LogP contribution in [0.3, 0.4) is 0 Å². The molecule has 1 N–H and O–H groups in total. The van der Waals surface area contributed by atoms with Crippen molar-refractivity contribution < 1.29 is 4.39 Å². The number of hydrogen-bond acceptors (Lipinski definition) is 1. The largest absolute Gasteiger partial charge is 0.316 e. The van der Waals surface area contributed by atoms with Crippen molar-refractivity contribution in [3.05, 3.63) is 35.1 Å². The summed E-state index contributed by atoms with van der Waals surface area (Å²) in [5.41, 5.74) is 2.81. The van der Waals surface area contributed by atoms with Crippen LogP contribution in [0.4, 0.5) is 4.39 Å². The van der Waals surface area contributed by atoms with E-state index in [9.17, 15) is 4.39 Å². The summed E-state index contributed by atoms with van der Waals surface area (Å²) in [7, 11) is 0. The van der Waals surface area contributed by atoms with E-state index in [1.165, 1.54) is 44.1 Å². The maximum absolute atomic E-state index is 13.3. The summed E-state index contributed by atoms with van der Waals surface area (Å²) in [4.78, 5) is 0. The van der Waals surface area contributed by atoms with E-state index in [4.69, 9.17) is 0 Å². The molecule has 112 valence electrons. The average molecular weight is 277 g/mol. The van der Waals surface area contributed by atoms with Gasteiger partial charge in [0.25, 0.3) is 0 Å². The van der Waals surface area contributed by atoms with Crippen LogP contribution in [0.2, 0.25) is 0 Å². The fraction of sp³-hybridized carbons (Fsp3) is 0.667. The minimum atomic E-state index is -0.118. The van der Waals surface area contributed by atoms with Gasteiger partial charge in [0.15, 0.2) is 0 Å². The average Bonchev–Trinajstić information content (AvgIpc) is 2.44. The van der Waals surface area contributed by atoms with Crippen molar-refractivity contribution in [3.63, 3.8) is 0 Å². The molecule has 1 aromatic rings. The van der Waals surface area contributed by atoms with E-state index < -0.39 is 0 Å². The summed E-state index contributed by atoms with van der Waals surface area (Å²) in [5.74, 6) is -0.118. The molecule has 0 aromatic heterocycles. The standard InChI is InChI=1S/C18H28FN/c1-3-11-20-14-18(9-5-4-6-10-18)13-16-7-8-17(19)12-15(16)2/h7-8,12,20H,3-6,9-11,13-14H2,1-2H3. The number of halogens is 1. The van der Waals surface area contributed by atoms with Gasteiger partial charge in [-0.25, -0.2) is 4.39 Å². The molecular weight excluding hydrogens is 249 g/mol. The third-order valence-corrected chi connectivity index (χ3v) is 4.71. The van der Waals surface area contributed by atoms with E-state index in [0.717, 1.165) is 25.1 Å². The highest BCUT2D eigenvalue weighted by atomic mass is 19.1. The summed E-state index contributed by atoms with van der Waals surface area (Å²) in [5, 5.41) is 3.62. The Bertz CT molecular complexity index is 421. The van der Waals surface area contributed by atoms with Crippen LogP contribution in [0.5, 0.6) is 0 Å². The second-order valence-electron chi connectivity index (χ2n) is 6.49. The Labute approximate surface area is 123 Å². The third kappa shape index (κ3) is 4.05. The highest BCUT2D eigenvalue weighted by Crippen LogP contribution is 2.39. The van der Waals surface area contributed by atoms with Gasteiger partial charge in [0.05, 0.1) is 0 Å². The van der Waals surface area contributed by atoms with Gasteiger partial charge in [0.1, 0.15) is 5.82 Å². The molecule has 2 heteroatoms. The lowest BCUT2D eigenvalue weighted by Gasteiger charge is -2.38. The molecule has 20 heavy (non-hydrogen) atoms. The Kier molecular flexibility index (Phi) is 5.59. The Morgan fingerprint density at radius 1 is 1.20 bits per heavy atom. The topological polar surface area (TPSA) is 12.0 Å². The molecule has 0 unspecified atom stereocenters. The van der Waals surface area contributed by atoms with Crippen molar-refractivity contribution >= 4 is 0 Å². The van der Waals surface area contributed by atoms with E-state index in [0.29, 0.717) is 5.41 Å². The van der Waals surface area contributed by atoms with Crippen molar-refractivity contribution in [2.45, 2.75) is 58.8 Å². The highest BCUT2D eigenvalue weighted by molar-refractivity contribution is 5.28. The Morgan fingerprint density at radius 3 is 2.60 bits per heavy atom. The molecule has 1 nitrogen and oxygen atoms in total. The maximum Gasteiger partial charge on any atom is 0.123 e. The van der Waals surface area contributed by atoms with Crippen molar-refractivity contribution in [1.29, 1.82) is 0 Å². The van der Waals surface area contributed by atoms with Crippen molar-refractivity contribution in [1.82, 2.24) is 5.32 Å². The minimum absolute atomic E-state index is 0.118. The van der Waals surface area contributed by atoms with Crippen LogP contribution < -0.4 is 5.32 Å². The van der Waals surface area contributed by atoms with E-state index in [-0.39, 0.29) is 5.82 Å². The molecule has 2 rings (SSSR count). The van der Waals surface area contributed by atoms with E-state index in [1.807, 2.05) is 13.0 Å². The molecule has 1 aromatic carbocycles. The second-order valence-corrected chi connectivity index (χ2v) is 6.49.